The van der Waals surface area contributed by atoms with Gasteiger partial charge in [-0.3, -0.25) is 9.69 Å². The van der Waals surface area contributed by atoms with Crippen LogP contribution in [0.3, 0.4) is 0 Å². The largest absolute Gasteiger partial charge is 0.494 e. The molecule has 1 aromatic heterocycles. The molecule has 26 heavy (non-hydrogen) atoms. The first-order valence-corrected chi connectivity index (χ1v) is 9.45. The van der Waals surface area contributed by atoms with Gasteiger partial charge in [-0.05, 0) is 51.4 Å². The van der Waals surface area contributed by atoms with Gasteiger partial charge in [0.25, 0.3) is 5.91 Å². The first-order valence-electron chi connectivity index (χ1n) is 8.63. The van der Waals surface area contributed by atoms with Gasteiger partial charge in [0.05, 0.1) is 16.8 Å². The zero-order chi connectivity index (χ0) is 18.5. The Morgan fingerprint density at radius 1 is 1.12 bits per heavy atom. The van der Waals surface area contributed by atoms with Crippen molar-refractivity contribution in [2.45, 2.75) is 6.92 Å². The summed E-state index contributed by atoms with van der Waals surface area (Å²) in [6.45, 7) is 3.93. The van der Waals surface area contributed by atoms with Crippen LogP contribution in [0.2, 0.25) is 0 Å². The number of fused-ring (bicyclic) bond motifs is 1. The summed E-state index contributed by atoms with van der Waals surface area (Å²) >= 11 is 1.52. The molecule has 0 aliphatic rings. The smallest absolute Gasteiger partial charge is 0.260 e. The molecule has 5 nitrogen and oxygen atoms in total. The van der Waals surface area contributed by atoms with E-state index < -0.39 is 0 Å². The van der Waals surface area contributed by atoms with Crippen LogP contribution in [0.25, 0.3) is 10.2 Å². The summed E-state index contributed by atoms with van der Waals surface area (Å²) in [5.41, 5.74) is 1.55. The van der Waals surface area contributed by atoms with E-state index in [0.29, 0.717) is 23.8 Å². The highest BCUT2D eigenvalue weighted by molar-refractivity contribution is 7.22. The second-order valence-corrected chi connectivity index (χ2v) is 7.19. The van der Waals surface area contributed by atoms with Crippen LogP contribution in [0.5, 0.6) is 5.75 Å². The zero-order valence-electron chi connectivity index (χ0n) is 15.3. The third-order valence-corrected chi connectivity index (χ3v) is 4.97. The Labute approximate surface area is 157 Å². The van der Waals surface area contributed by atoms with E-state index in [1.54, 1.807) is 4.90 Å². The van der Waals surface area contributed by atoms with E-state index in [1.807, 2.05) is 69.6 Å². The topological polar surface area (TPSA) is 45.7 Å². The molecule has 1 amide bonds. The highest BCUT2D eigenvalue weighted by Gasteiger charge is 2.21. The summed E-state index contributed by atoms with van der Waals surface area (Å²) in [4.78, 5) is 21.6. The number of likely N-dealkylation sites (N-methyl/N-ethyl adjacent to an activating group) is 1. The van der Waals surface area contributed by atoms with Gasteiger partial charge in [0.15, 0.2) is 5.13 Å². The molecule has 0 N–H and O–H groups in total. The Morgan fingerprint density at radius 3 is 2.58 bits per heavy atom. The van der Waals surface area contributed by atoms with Crippen LogP contribution in [-0.2, 0) is 0 Å². The molecule has 3 rings (SSSR count). The van der Waals surface area contributed by atoms with Gasteiger partial charge in [-0.25, -0.2) is 4.98 Å². The number of hydrogen-bond acceptors (Lipinski definition) is 5. The molecule has 0 fully saturated rings. The van der Waals surface area contributed by atoms with Crippen molar-refractivity contribution in [1.82, 2.24) is 9.88 Å². The quantitative estimate of drug-likeness (QED) is 0.634. The monoisotopic (exact) mass is 369 g/mol. The number of amides is 1. The number of thiazole rings is 1. The maximum Gasteiger partial charge on any atom is 0.260 e. The number of nitrogens with zero attached hydrogens (tertiary/aromatic N) is 3. The summed E-state index contributed by atoms with van der Waals surface area (Å²) in [6, 6.07) is 15.2. The Bertz CT molecular complexity index is 877. The van der Waals surface area contributed by atoms with E-state index in [0.717, 1.165) is 22.5 Å². The molecule has 0 saturated heterocycles. The standard InChI is InChI=1S/C20H23N3O2S/c1-4-25-16-10-11-17-18(14-16)26-20(21-17)23(13-12-22(2)3)19(24)15-8-6-5-7-9-15/h5-11,14H,4,12-13H2,1-3H3. The lowest BCUT2D eigenvalue weighted by Crippen LogP contribution is -2.36. The molecule has 0 aliphatic heterocycles. The maximum atomic E-state index is 13.1. The average Bonchev–Trinajstić information content (AvgIpc) is 3.05. The maximum absolute atomic E-state index is 13.1. The molecular formula is C20H23N3O2S. The number of ether oxygens (including phenoxy) is 1. The van der Waals surface area contributed by atoms with Crippen LogP contribution < -0.4 is 9.64 Å². The van der Waals surface area contributed by atoms with E-state index >= 15 is 0 Å². The highest BCUT2D eigenvalue weighted by Crippen LogP contribution is 2.32. The second-order valence-electron chi connectivity index (χ2n) is 6.19. The van der Waals surface area contributed by atoms with Gasteiger partial charge >= 0.3 is 0 Å². The molecule has 0 saturated carbocycles. The summed E-state index contributed by atoms with van der Waals surface area (Å²) < 4.78 is 6.59. The fourth-order valence-corrected chi connectivity index (χ4v) is 3.60. The Hall–Kier alpha value is -2.44. The SMILES string of the molecule is CCOc1ccc2nc(N(CCN(C)C)C(=O)c3ccccc3)sc2c1. The van der Waals surface area contributed by atoms with Crippen LogP contribution >= 0.6 is 11.3 Å². The summed E-state index contributed by atoms with van der Waals surface area (Å²) in [5.74, 6) is 0.793. The van der Waals surface area contributed by atoms with Gasteiger partial charge < -0.3 is 9.64 Å². The van der Waals surface area contributed by atoms with E-state index in [2.05, 4.69) is 9.88 Å². The average molecular weight is 369 g/mol. The minimum atomic E-state index is -0.0310. The Kier molecular flexibility index (Phi) is 5.85. The fourth-order valence-electron chi connectivity index (χ4n) is 2.59. The Balaban J connectivity index is 1.95. The third kappa shape index (κ3) is 4.20. The zero-order valence-corrected chi connectivity index (χ0v) is 16.1. The molecule has 0 spiro atoms. The van der Waals surface area contributed by atoms with Crippen molar-refractivity contribution >= 4 is 32.6 Å². The third-order valence-electron chi connectivity index (χ3n) is 3.93. The van der Waals surface area contributed by atoms with Crippen LogP contribution in [0.15, 0.2) is 48.5 Å². The van der Waals surface area contributed by atoms with Crippen molar-refractivity contribution in [3.8, 4) is 5.75 Å². The fraction of sp³-hybridized carbons (Fsp3) is 0.300. The predicted molar refractivity (Wildman–Crippen MR) is 107 cm³/mol. The van der Waals surface area contributed by atoms with Crippen LogP contribution in [0.4, 0.5) is 5.13 Å². The van der Waals surface area contributed by atoms with Gasteiger partial charge in [0.1, 0.15) is 5.75 Å². The lowest BCUT2D eigenvalue weighted by molar-refractivity contribution is 0.0985. The van der Waals surface area contributed by atoms with Crippen LogP contribution in [-0.4, -0.2) is 49.6 Å². The number of benzene rings is 2. The van der Waals surface area contributed by atoms with E-state index in [1.165, 1.54) is 11.3 Å². The van der Waals surface area contributed by atoms with Crippen molar-refractivity contribution in [1.29, 1.82) is 0 Å². The second kappa shape index (κ2) is 8.29. The van der Waals surface area contributed by atoms with Gasteiger partial charge in [-0.15, -0.1) is 0 Å². The lowest BCUT2D eigenvalue weighted by atomic mass is 10.2. The molecule has 2 aromatic carbocycles. The number of hydrogen-bond donors (Lipinski definition) is 0. The van der Waals surface area contributed by atoms with Gasteiger partial charge in [-0.1, -0.05) is 29.5 Å². The lowest BCUT2D eigenvalue weighted by Gasteiger charge is -2.22. The molecule has 0 atom stereocenters. The molecule has 0 bridgehead atoms. The molecule has 0 unspecified atom stereocenters. The normalized spacial score (nSPS) is 11.1. The highest BCUT2D eigenvalue weighted by atomic mass is 32.1. The molecule has 1 heterocycles. The van der Waals surface area contributed by atoms with Crippen molar-refractivity contribution in [3.05, 3.63) is 54.1 Å². The number of carbonyl (C=O) groups is 1. The molecule has 0 radical (unpaired) electrons. The van der Waals surface area contributed by atoms with E-state index in [9.17, 15) is 4.79 Å². The van der Waals surface area contributed by atoms with Crippen molar-refractivity contribution in [2.75, 3.05) is 38.7 Å². The summed E-state index contributed by atoms with van der Waals surface area (Å²) in [6.07, 6.45) is 0. The Morgan fingerprint density at radius 2 is 1.88 bits per heavy atom. The number of rotatable bonds is 7. The van der Waals surface area contributed by atoms with E-state index in [-0.39, 0.29) is 5.91 Å². The molecule has 6 heteroatoms. The first kappa shape index (κ1) is 18.4. The van der Waals surface area contributed by atoms with Crippen LogP contribution in [0, 0.1) is 0 Å². The molecule has 0 aliphatic carbocycles. The van der Waals surface area contributed by atoms with Crippen LogP contribution in [0.1, 0.15) is 17.3 Å². The van der Waals surface area contributed by atoms with Gasteiger partial charge in [0, 0.05) is 18.7 Å². The molecule has 136 valence electrons. The minimum absolute atomic E-state index is 0.0310. The summed E-state index contributed by atoms with van der Waals surface area (Å²) in [5, 5.41) is 0.712. The molecule has 3 aromatic rings. The summed E-state index contributed by atoms with van der Waals surface area (Å²) in [7, 11) is 4.00. The predicted octanol–water partition coefficient (Wildman–Crippen LogP) is 3.90. The van der Waals surface area contributed by atoms with Crippen molar-refractivity contribution in [3.63, 3.8) is 0 Å². The van der Waals surface area contributed by atoms with Gasteiger partial charge in [0.2, 0.25) is 0 Å². The first-order chi connectivity index (χ1) is 12.6. The number of carbonyl (C=O) groups excluding carboxylic acids is 1. The van der Waals surface area contributed by atoms with Crippen molar-refractivity contribution in [2.24, 2.45) is 0 Å². The van der Waals surface area contributed by atoms with Gasteiger partial charge in [-0.2, -0.15) is 0 Å². The molecular weight excluding hydrogens is 346 g/mol. The van der Waals surface area contributed by atoms with Crippen molar-refractivity contribution < 1.29 is 9.53 Å². The number of aromatic nitrogens is 1. The minimum Gasteiger partial charge on any atom is -0.494 e. The number of anilines is 1. The van der Waals surface area contributed by atoms with E-state index in [4.69, 9.17) is 4.74 Å².